The SMILES string of the molecule is CNCCC(CCN1CCCCC1)c1cc(Cl)ccc1C. The van der Waals surface area contributed by atoms with Crippen molar-refractivity contribution in [3.63, 3.8) is 0 Å². The fourth-order valence-corrected chi connectivity index (χ4v) is 3.53. The molecule has 0 aliphatic carbocycles. The lowest BCUT2D eigenvalue weighted by Gasteiger charge is -2.29. The van der Waals surface area contributed by atoms with Crippen molar-refractivity contribution < 1.29 is 0 Å². The van der Waals surface area contributed by atoms with Gasteiger partial charge in [0, 0.05) is 5.02 Å². The summed E-state index contributed by atoms with van der Waals surface area (Å²) < 4.78 is 0. The molecule has 1 aliphatic heterocycles. The monoisotopic (exact) mass is 308 g/mol. The summed E-state index contributed by atoms with van der Waals surface area (Å²) in [5.41, 5.74) is 2.81. The minimum atomic E-state index is 0.609. The third kappa shape index (κ3) is 5.28. The lowest BCUT2D eigenvalue weighted by molar-refractivity contribution is 0.219. The Bertz CT molecular complexity index is 427. The highest BCUT2D eigenvalue weighted by molar-refractivity contribution is 6.30. The highest BCUT2D eigenvalue weighted by atomic mass is 35.5. The summed E-state index contributed by atoms with van der Waals surface area (Å²) in [7, 11) is 2.03. The number of aryl methyl sites for hydroxylation is 1. The molecule has 3 heteroatoms. The van der Waals surface area contributed by atoms with Gasteiger partial charge in [0.15, 0.2) is 0 Å². The normalized spacial score (nSPS) is 17.9. The van der Waals surface area contributed by atoms with E-state index in [9.17, 15) is 0 Å². The van der Waals surface area contributed by atoms with Crippen molar-refractivity contribution in [2.75, 3.05) is 33.2 Å². The van der Waals surface area contributed by atoms with Crippen molar-refractivity contribution in [2.24, 2.45) is 0 Å². The minimum Gasteiger partial charge on any atom is -0.320 e. The van der Waals surface area contributed by atoms with E-state index in [0.717, 1.165) is 11.6 Å². The molecule has 0 saturated carbocycles. The summed E-state index contributed by atoms with van der Waals surface area (Å²) in [6.07, 6.45) is 6.58. The maximum Gasteiger partial charge on any atom is 0.0409 e. The zero-order valence-electron chi connectivity index (χ0n) is 13.5. The summed E-state index contributed by atoms with van der Waals surface area (Å²) >= 11 is 6.22. The average Bonchev–Trinajstić information content (AvgIpc) is 2.51. The molecule has 1 fully saturated rings. The Morgan fingerprint density at radius 3 is 2.67 bits per heavy atom. The molecule has 1 N–H and O–H groups in total. The summed E-state index contributed by atoms with van der Waals surface area (Å²) in [5, 5.41) is 4.16. The first kappa shape index (κ1) is 16.8. The molecule has 1 aliphatic rings. The van der Waals surface area contributed by atoms with E-state index in [1.807, 2.05) is 13.1 Å². The second kappa shape index (κ2) is 8.77. The first-order chi connectivity index (χ1) is 10.2. The van der Waals surface area contributed by atoms with E-state index in [0.29, 0.717) is 5.92 Å². The Balaban J connectivity index is 2.00. The molecule has 1 aromatic rings. The van der Waals surface area contributed by atoms with Gasteiger partial charge < -0.3 is 10.2 Å². The Hall–Kier alpha value is -0.570. The molecule has 1 unspecified atom stereocenters. The average molecular weight is 309 g/mol. The van der Waals surface area contributed by atoms with Crippen LogP contribution in [0.2, 0.25) is 5.02 Å². The predicted octanol–water partition coefficient (Wildman–Crippen LogP) is 4.22. The molecule has 0 aromatic heterocycles. The second-order valence-corrected chi connectivity index (χ2v) is 6.72. The smallest absolute Gasteiger partial charge is 0.0409 e. The van der Waals surface area contributed by atoms with Crippen LogP contribution < -0.4 is 5.32 Å². The van der Waals surface area contributed by atoms with E-state index >= 15 is 0 Å². The highest BCUT2D eigenvalue weighted by Gasteiger charge is 2.17. The lowest BCUT2D eigenvalue weighted by atomic mass is 9.89. The first-order valence-electron chi connectivity index (χ1n) is 8.33. The van der Waals surface area contributed by atoms with Gasteiger partial charge >= 0.3 is 0 Å². The van der Waals surface area contributed by atoms with Crippen molar-refractivity contribution in [2.45, 2.75) is 44.9 Å². The van der Waals surface area contributed by atoms with Gasteiger partial charge in [0.1, 0.15) is 0 Å². The Kier molecular flexibility index (Phi) is 7.01. The second-order valence-electron chi connectivity index (χ2n) is 6.28. The zero-order chi connectivity index (χ0) is 15.1. The standard InChI is InChI=1S/C18H29ClN2/c1-15-6-7-17(19)14-18(15)16(8-10-20-2)9-13-21-11-4-3-5-12-21/h6-7,14,16,20H,3-5,8-13H2,1-2H3. The number of nitrogens with one attached hydrogen (secondary N) is 1. The van der Waals surface area contributed by atoms with Crippen LogP contribution >= 0.6 is 11.6 Å². The quantitative estimate of drug-likeness (QED) is 0.811. The number of halogens is 1. The molecule has 118 valence electrons. The number of benzene rings is 1. The molecule has 0 amide bonds. The topological polar surface area (TPSA) is 15.3 Å². The van der Waals surface area contributed by atoms with Gasteiger partial charge in [-0.1, -0.05) is 24.1 Å². The third-order valence-electron chi connectivity index (χ3n) is 4.67. The van der Waals surface area contributed by atoms with Crippen LogP contribution in [0, 0.1) is 6.92 Å². The van der Waals surface area contributed by atoms with E-state index in [1.54, 1.807) is 0 Å². The Labute approximate surface area is 134 Å². The molecular formula is C18H29ClN2. The van der Waals surface area contributed by atoms with Crippen molar-refractivity contribution >= 4 is 11.6 Å². The van der Waals surface area contributed by atoms with E-state index < -0.39 is 0 Å². The number of likely N-dealkylation sites (tertiary alicyclic amines) is 1. The van der Waals surface area contributed by atoms with Gasteiger partial charge in [-0.25, -0.2) is 0 Å². The number of hydrogen-bond acceptors (Lipinski definition) is 2. The number of piperidine rings is 1. The summed E-state index contributed by atoms with van der Waals surface area (Å²) in [6.45, 7) is 7.07. The fourth-order valence-electron chi connectivity index (χ4n) is 3.35. The number of rotatable bonds is 7. The summed E-state index contributed by atoms with van der Waals surface area (Å²) in [6, 6.07) is 6.33. The Morgan fingerprint density at radius 2 is 1.95 bits per heavy atom. The third-order valence-corrected chi connectivity index (χ3v) is 4.90. The predicted molar refractivity (Wildman–Crippen MR) is 92.4 cm³/mol. The molecule has 2 rings (SSSR count). The number of nitrogens with zero attached hydrogens (tertiary/aromatic N) is 1. The van der Waals surface area contributed by atoms with Crippen LogP contribution in [-0.2, 0) is 0 Å². The van der Waals surface area contributed by atoms with Crippen LogP contribution in [0.4, 0.5) is 0 Å². The van der Waals surface area contributed by atoms with Crippen LogP contribution in [0.1, 0.15) is 49.1 Å². The molecule has 0 spiro atoms. The van der Waals surface area contributed by atoms with Gasteiger partial charge in [0.25, 0.3) is 0 Å². The van der Waals surface area contributed by atoms with Gasteiger partial charge in [-0.05, 0) is 95.0 Å². The number of hydrogen-bond donors (Lipinski definition) is 1. The first-order valence-corrected chi connectivity index (χ1v) is 8.71. The molecule has 21 heavy (non-hydrogen) atoms. The van der Waals surface area contributed by atoms with Crippen molar-refractivity contribution in [3.8, 4) is 0 Å². The molecule has 1 aromatic carbocycles. The lowest BCUT2D eigenvalue weighted by Crippen LogP contribution is -2.31. The minimum absolute atomic E-state index is 0.609. The van der Waals surface area contributed by atoms with Crippen LogP contribution in [0.15, 0.2) is 18.2 Å². The zero-order valence-corrected chi connectivity index (χ0v) is 14.3. The Morgan fingerprint density at radius 1 is 1.19 bits per heavy atom. The van der Waals surface area contributed by atoms with Crippen LogP contribution in [0.5, 0.6) is 0 Å². The molecule has 0 radical (unpaired) electrons. The van der Waals surface area contributed by atoms with Crippen LogP contribution in [-0.4, -0.2) is 38.1 Å². The molecule has 2 nitrogen and oxygen atoms in total. The summed E-state index contributed by atoms with van der Waals surface area (Å²) in [4.78, 5) is 2.63. The van der Waals surface area contributed by atoms with Gasteiger partial charge in [0.2, 0.25) is 0 Å². The van der Waals surface area contributed by atoms with Gasteiger partial charge in [-0.15, -0.1) is 0 Å². The maximum atomic E-state index is 6.22. The van der Waals surface area contributed by atoms with E-state index in [-0.39, 0.29) is 0 Å². The molecular weight excluding hydrogens is 280 g/mol. The molecule has 1 atom stereocenters. The largest absolute Gasteiger partial charge is 0.320 e. The van der Waals surface area contributed by atoms with E-state index in [2.05, 4.69) is 29.3 Å². The van der Waals surface area contributed by atoms with Crippen molar-refractivity contribution in [1.82, 2.24) is 10.2 Å². The summed E-state index contributed by atoms with van der Waals surface area (Å²) in [5.74, 6) is 0.609. The highest BCUT2D eigenvalue weighted by Crippen LogP contribution is 2.29. The van der Waals surface area contributed by atoms with Crippen molar-refractivity contribution in [1.29, 1.82) is 0 Å². The van der Waals surface area contributed by atoms with Crippen LogP contribution in [0.3, 0.4) is 0 Å². The van der Waals surface area contributed by atoms with Gasteiger partial charge in [-0.3, -0.25) is 0 Å². The van der Waals surface area contributed by atoms with Gasteiger partial charge in [0.05, 0.1) is 0 Å². The molecule has 1 heterocycles. The molecule has 0 bridgehead atoms. The molecule has 1 saturated heterocycles. The van der Waals surface area contributed by atoms with E-state index in [4.69, 9.17) is 11.6 Å². The van der Waals surface area contributed by atoms with E-state index in [1.165, 1.54) is 62.9 Å². The fraction of sp³-hybridized carbons (Fsp3) is 0.667. The van der Waals surface area contributed by atoms with Crippen LogP contribution in [0.25, 0.3) is 0 Å². The van der Waals surface area contributed by atoms with Gasteiger partial charge in [-0.2, -0.15) is 0 Å². The maximum absolute atomic E-state index is 6.22. The van der Waals surface area contributed by atoms with Crippen molar-refractivity contribution in [3.05, 3.63) is 34.3 Å².